The van der Waals surface area contributed by atoms with Crippen molar-refractivity contribution < 1.29 is 0 Å². The van der Waals surface area contributed by atoms with Crippen molar-refractivity contribution >= 4 is 0 Å². The molecule has 0 radical (unpaired) electrons. The van der Waals surface area contributed by atoms with Crippen molar-refractivity contribution in [3.8, 4) is 0 Å². The van der Waals surface area contributed by atoms with Gasteiger partial charge in [0.2, 0.25) is 0 Å². The maximum Gasteiger partial charge on any atom is 0.00836 e. The molecule has 0 heterocycles. The molecule has 110 valence electrons. The van der Waals surface area contributed by atoms with Gasteiger partial charge in [-0.2, -0.15) is 0 Å². The average Bonchev–Trinajstić information content (AvgIpc) is 2.80. The van der Waals surface area contributed by atoms with Crippen LogP contribution in [0.5, 0.6) is 0 Å². The highest BCUT2D eigenvalue weighted by Crippen LogP contribution is 2.70. The van der Waals surface area contributed by atoms with E-state index in [1.807, 2.05) is 0 Å². The van der Waals surface area contributed by atoms with Crippen molar-refractivity contribution in [3.63, 3.8) is 0 Å². The van der Waals surface area contributed by atoms with E-state index in [1.165, 1.54) is 19.3 Å². The van der Waals surface area contributed by atoms with Crippen LogP contribution in [0.1, 0.15) is 64.0 Å². The number of hydrogen-bond acceptors (Lipinski definition) is 1. The van der Waals surface area contributed by atoms with Gasteiger partial charge in [0, 0.05) is 6.04 Å². The molecule has 0 aliphatic heterocycles. The van der Waals surface area contributed by atoms with Crippen molar-refractivity contribution in [1.29, 1.82) is 0 Å². The molecule has 0 amide bonds. The number of fused-ring (bicyclic) bond motifs is 1. The van der Waals surface area contributed by atoms with Crippen molar-refractivity contribution in [1.82, 2.24) is 0 Å². The van der Waals surface area contributed by atoms with Gasteiger partial charge in [-0.3, -0.25) is 0 Å². The van der Waals surface area contributed by atoms with Crippen LogP contribution in [0, 0.1) is 16.7 Å². The van der Waals surface area contributed by atoms with Crippen LogP contribution in [-0.4, -0.2) is 6.04 Å². The third-order valence-electron chi connectivity index (χ3n) is 6.61. The lowest BCUT2D eigenvalue weighted by Crippen LogP contribution is -2.29. The smallest absolute Gasteiger partial charge is 0.00836 e. The number of nitrogens with two attached hydrogens (primary N) is 1. The lowest BCUT2D eigenvalue weighted by Gasteiger charge is -2.28. The maximum atomic E-state index is 6.62. The molecule has 1 aromatic rings. The normalized spacial score (nSPS) is 28.8. The Morgan fingerprint density at radius 1 is 1.15 bits per heavy atom. The van der Waals surface area contributed by atoms with Crippen molar-refractivity contribution in [2.45, 2.75) is 65.3 Å². The van der Waals surface area contributed by atoms with Gasteiger partial charge in [0.25, 0.3) is 0 Å². The van der Waals surface area contributed by atoms with Crippen LogP contribution in [0.25, 0.3) is 0 Å². The monoisotopic (exact) mass is 271 g/mol. The minimum atomic E-state index is 0.344. The molecule has 0 bridgehead atoms. The van der Waals surface area contributed by atoms with Crippen LogP contribution in [0.2, 0.25) is 0 Å². The van der Waals surface area contributed by atoms with Crippen LogP contribution in [-0.2, 0) is 6.42 Å². The minimum Gasteiger partial charge on any atom is -0.327 e. The van der Waals surface area contributed by atoms with Gasteiger partial charge in [-0.15, -0.1) is 0 Å². The van der Waals surface area contributed by atoms with Gasteiger partial charge in [-0.1, -0.05) is 52.0 Å². The van der Waals surface area contributed by atoms with Gasteiger partial charge in [-0.25, -0.2) is 0 Å². The summed E-state index contributed by atoms with van der Waals surface area (Å²) in [5, 5.41) is 0. The summed E-state index contributed by atoms with van der Waals surface area (Å²) < 4.78 is 0. The lowest BCUT2D eigenvalue weighted by atomic mass is 9.78. The third-order valence-corrected chi connectivity index (χ3v) is 6.61. The van der Waals surface area contributed by atoms with Crippen LogP contribution >= 0.6 is 0 Å². The molecule has 1 aromatic carbocycles. The Balaban J connectivity index is 1.74. The van der Waals surface area contributed by atoms with E-state index in [0.29, 0.717) is 28.7 Å². The fourth-order valence-electron chi connectivity index (χ4n) is 4.88. The van der Waals surface area contributed by atoms with E-state index in [4.69, 9.17) is 5.73 Å². The van der Waals surface area contributed by atoms with E-state index in [2.05, 4.69) is 52.0 Å². The molecule has 1 nitrogen and oxygen atoms in total. The standard InChI is InChI=1S/C19H29N/c1-18(2)17(19(18,3)4)16(20)12-14-10-7-9-13-8-5-6-11-15(13)14/h5-6,8,11,14,16-17H,7,9-10,12,20H2,1-4H3. The molecular weight excluding hydrogens is 242 g/mol. The average molecular weight is 271 g/mol. The van der Waals surface area contributed by atoms with Crippen LogP contribution in [0.15, 0.2) is 24.3 Å². The van der Waals surface area contributed by atoms with Gasteiger partial charge >= 0.3 is 0 Å². The van der Waals surface area contributed by atoms with Gasteiger partial charge in [0.1, 0.15) is 0 Å². The summed E-state index contributed by atoms with van der Waals surface area (Å²) in [6.45, 7) is 9.53. The molecule has 2 aliphatic carbocycles. The van der Waals surface area contributed by atoms with E-state index in [9.17, 15) is 0 Å². The zero-order chi connectivity index (χ0) is 14.5. The predicted octanol–water partition coefficient (Wildman–Crippen LogP) is 4.51. The second kappa shape index (κ2) is 4.59. The first-order valence-corrected chi connectivity index (χ1v) is 8.19. The van der Waals surface area contributed by atoms with Crippen molar-refractivity contribution in [2.75, 3.05) is 0 Å². The molecule has 0 spiro atoms. The van der Waals surface area contributed by atoms with Gasteiger partial charge in [0.05, 0.1) is 0 Å². The first-order valence-electron chi connectivity index (χ1n) is 8.19. The summed E-state index contributed by atoms with van der Waals surface area (Å²) in [4.78, 5) is 0. The number of aryl methyl sites for hydroxylation is 1. The van der Waals surface area contributed by atoms with Gasteiger partial charge in [0.15, 0.2) is 0 Å². The SMILES string of the molecule is CC1(C)C(C(N)CC2CCCc3ccccc32)C1(C)C. The number of hydrogen-bond donors (Lipinski definition) is 1. The second-order valence-electron chi connectivity index (χ2n) is 8.11. The van der Waals surface area contributed by atoms with Crippen LogP contribution < -0.4 is 5.73 Å². The molecule has 2 atom stereocenters. The summed E-state index contributed by atoms with van der Waals surface area (Å²) in [6, 6.07) is 9.34. The van der Waals surface area contributed by atoms with Gasteiger partial charge in [-0.05, 0) is 59.5 Å². The maximum absolute atomic E-state index is 6.62. The summed E-state index contributed by atoms with van der Waals surface area (Å²) in [7, 11) is 0. The first kappa shape index (κ1) is 14.1. The molecule has 0 aromatic heterocycles. The minimum absolute atomic E-state index is 0.344. The third kappa shape index (κ3) is 2.02. The second-order valence-corrected chi connectivity index (χ2v) is 8.11. The van der Waals surface area contributed by atoms with E-state index < -0.39 is 0 Å². The Labute approximate surface area is 124 Å². The topological polar surface area (TPSA) is 26.0 Å². The molecule has 1 saturated carbocycles. The molecule has 20 heavy (non-hydrogen) atoms. The zero-order valence-electron chi connectivity index (χ0n) is 13.4. The van der Waals surface area contributed by atoms with E-state index in [1.54, 1.807) is 11.1 Å². The highest BCUT2D eigenvalue weighted by Gasteiger charge is 2.66. The largest absolute Gasteiger partial charge is 0.327 e. The molecule has 0 saturated heterocycles. The van der Waals surface area contributed by atoms with Crippen molar-refractivity contribution in [3.05, 3.63) is 35.4 Å². The summed E-state index contributed by atoms with van der Waals surface area (Å²) >= 11 is 0. The lowest BCUT2D eigenvalue weighted by molar-refractivity contribution is 0.398. The Hall–Kier alpha value is -0.820. The highest BCUT2D eigenvalue weighted by atomic mass is 14.8. The van der Waals surface area contributed by atoms with E-state index >= 15 is 0 Å². The first-order chi connectivity index (χ1) is 9.35. The molecule has 1 fully saturated rings. The summed E-state index contributed by atoms with van der Waals surface area (Å²) in [5.41, 5.74) is 10.6. The van der Waals surface area contributed by atoms with E-state index in [-0.39, 0.29) is 0 Å². The van der Waals surface area contributed by atoms with Gasteiger partial charge < -0.3 is 5.73 Å². The van der Waals surface area contributed by atoms with Crippen molar-refractivity contribution in [2.24, 2.45) is 22.5 Å². The number of rotatable bonds is 3. The number of benzene rings is 1. The molecular formula is C19H29N. The zero-order valence-corrected chi connectivity index (χ0v) is 13.4. The summed E-state index contributed by atoms with van der Waals surface area (Å²) in [6.07, 6.45) is 5.06. The highest BCUT2D eigenvalue weighted by molar-refractivity contribution is 5.33. The Morgan fingerprint density at radius 3 is 2.45 bits per heavy atom. The summed E-state index contributed by atoms with van der Waals surface area (Å²) in [5.74, 6) is 1.35. The predicted molar refractivity (Wildman–Crippen MR) is 85.8 cm³/mol. The van der Waals surface area contributed by atoms with E-state index in [0.717, 1.165) is 6.42 Å². The molecule has 2 aliphatic rings. The Bertz CT molecular complexity index is 486. The molecule has 1 heteroatoms. The Kier molecular flexibility index (Phi) is 3.25. The van der Waals surface area contributed by atoms with Crippen LogP contribution in [0.4, 0.5) is 0 Å². The molecule has 2 unspecified atom stereocenters. The molecule has 2 N–H and O–H groups in total. The van der Waals surface area contributed by atoms with Crippen LogP contribution in [0.3, 0.4) is 0 Å². The quantitative estimate of drug-likeness (QED) is 0.860. The molecule has 3 rings (SSSR count). The Morgan fingerprint density at radius 2 is 1.80 bits per heavy atom. The fourth-order valence-corrected chi connectivity index (χ4v) is 4.88. The fraction of sp³-hybridized carbons (Fsp3) is 0.684.